The number of rotatable bonds is 16. The number of Topliss-reactive ketones (excluding diaryl/α,β-unsaturated/α-hetero) is 2. The van der Waals surface area contributed by atoms with E-state index in [1.54, 1.807) is 5.43 Å². The van der Waals surface area contributed by atoms with E-state index >= 15 is 0 Å². The lowest BCUT2D eigenvalue weighted by Gasteiger charge is -2.64. The Morgan fingerprint density at radius 1 is 1.17 bits per heavy atom. The number of nitrogens with one attached hydrogen (secondary N) is 2. The molecule has 41 heavy (non-hydrogen) atoms. The van der Waals surface area contributed by atoms with Crippen LogP contribution < -0.4 is 16.5 Å². The molecule has 4 rings (SSSR count). The van der Waals surface area contributed by atoms with Crippen LogP contribution in [0.15, 0.2) is 4.99 Å². The standard InChI is InChI=1S/C28H48BN5O7/c1-17(2)13-24(29-40-23-16-20-15-22(27(20,4)5)28(23,6)41-29)32-25(37)19(14-21(36)11-7-9-18(3)35)10-8-12-31-26(30)33-34(38)39/h17,19-20,22-24H,7-16H2,1-6H3,(H,32,37)(H3,30,31,33)/t19-,20-,22-,23-,24+,28+/m1/s1. The average molecular weight is 578 g/mol. The largest absolute Gasteiger partial charge is 0.481 e. The molecule has 0 radical (unpaired) electrons. The number of hydrogen-bond acceptors (Lipinski definition) is 8. The number of amides is 1. The van der Waals surface area contributed by atoms with Gasteiger partial charge in [-0.25, -0.2) is 15.1 Å². The van der Waals surface area contributed by atoms with E-state index in [-0.39, 0.29) is 66.2 Å². The van der Waals surface area contributed by atoms with E-state index in [9.17, 15) is 24.5 Å². The molecule has 2 bridgehead atoms. The van der Waals surface area contributed by atoms with Crippen molar-refractivity contribution in [2.75, 3.05) is 6.54 Å². The fourth-order valence-electron chi connectivity index (χ4n) is 7.02. The number of ketones is 2. The Morgan fingerprint density at radius 2 is 1.88 bits per heavy atom. The monoisotopic (exact) mass is 577 g/mol. The molecule has 0 aromatic heterocycles. The van der Waals surface area contributed by atoms with Gasteiger partial charge in [-0.2, -0.15) is 0 Å². The van der Waals surface area contributed by atoms with Crippen molar-refractivity contribution in [2.45, 2.75) is 117 Å². The van der Waals surface area contributed by atoms with Crippen LogP contribution >= 0.6 is 0 Å². The molecule has 12 nitrogen and oxygen atoms in total. The molecule has 4 fully saturated rings. The van der Waals surface area contributed by atoms with Crippen LogP contribution in [0, 0.1) is 39.2 Å². The Kier molecular flexibility index (Phi) is 11.0. The normalized spacial score (nSPS) is 27.9. The van der Waals surface area contributed by atoms with Gasteiger partial charge >= 0.3 is 7.12 Å². The Bertz CT molecular complexity index is 1020. The van der Waals surface area contributed by atoms with Crippen LogP contribution in [0.2, 0.25) is 0 Å². The summed E-state index contributed by atoms with van der Waals surface area (Å²) >= 11 is 0. The quantitative estimate of drug-likeness (QED) is 0.0622. The minimum atomic E-state index is -0.794. The summed E-state index contributed by atoms with van der Waals surface area (Å²) in [5.41, 5.74) is 7.09. The maximum absolute atomic E-state index is 13.7. The molecule has 0 spiro atoms. The highest BCUT2D eigenvalue weighted by atomic mass is 16.7. The molecule has 0 aromatic carbocycles. The zero-order chi connectivity index (χ0) is 30.5. The van der Waals surface area contributed by atoms with E-state index in [0.29, 0.717) is 43.9 Å². The van der Waals surface area contributed by atoms with Gasteiger partial charge in [-0.15, -0.1) is 0 Å². The molecule has 3 saturated carbocycles. The van der Waals surface area contributed by atoms with Crippen molar-refractivity contribution in [3.05, 3.63) is 10.1 Å². The Labute approximate surface area is 243 Å². The van der Waals surface area contributed by atoms with Crippen molar-refractivity contribution >= 4 is 30.6 Å². The van der Waals surface area contributed by atoms with Crippen molar-refractivity contribution in [1.82, 2.24) is 10.7 Å². The van der Waals surface area contributed by atoms with Crippen LogP contribution in [0.5, 0.6) is 0 Å². The number of nitrogens with zero attached hydrogens (tertiary/aromatic N) is 2. The number of guanidine groups is 1. The molecule has 230 valence electrons. The molecule has 1 aliphatic heterocycles. The summed E-state index contributed by atoms with van der Waals surface area (Å²) in [6.07, 6.45) is 4.52. The smallest absolute Gasteiger partial charge is 0.404 e. The third-order valence-corrected chi connectivity index (χ3v) is 9.38. The third-order valence-electron chi connectivity index (χ3n) is 9.38. The van der Waals surface area contributed by atoms with Gasteiger partial charge in [0.1, 0.15) is 11.6 Å². The van der Waals surface area contributed by atoms with Gasteiger partial charge in [0.05, 0.1) is 17.6 Å². The molecule has 13 heteroatoms. The molecule has 0 unspecified atom stereocenters. The van der Waals surface area contributed by atoms with Gasteiger partial charge in [-0.05, 0) is 75.5 Å². The first-order chi connectivity index (χ1) is 19.1. The van der Waals surface area contributed by atoms with E-state index in [1.165, 1.54) is 6.92 Å². The summed E-state index contributed by atoms with van der Waals surface area (Å²) in [6.45, 7) is 12.6. The van der Waals surface area contributed by atoms with E-state index in [0.717, 1.165) is 12.8 Å². The first kappa shape index (κ1) is 33.0. The fourth-order valence-corrected chi connectivity index (χ4v) is 7.02. The lowest BCUT2D eigenvalue weighted by atomic mass is 9.43. The average Bonchev–Trinajstić information content (AvgIpc) is 3.21. The Morgan fingerprint density at radius 3 is 2.49 bits per heavy atom. The van der Waals surface area contributed by atoms with E-state index in [2.05, 4.69) is 44.9 Å². The summed E-state index contributed by atoms with van der Waals surface area (Å²) in [4.78, 5) is 52.2. The molecule has 1 saturated heterocycles. The number of aliphatic imine (C=N–C) groups is 1. The van der Waals surface area contributed by atoms with Crippen molar-refractivity contribution in [1.29, 1.82) is 0 Å². The highest BCUT2D eigenvalue weighted by Gasteiger charge is 2.68. The topological polar surface area (TPSA) is 175 Å². The first-order valence-corrected chi connectivity index (χ1v) is 15.0. The van der Waals surface area contributed by atoms with Gasteiger partial charge in [0.2, 0.25) is 5.91 Å². The van der Waals surface area contributed by atoms with Crippen molar-refractivity contribution in [3.8, 4) is 0 Å². The number of hydrogen-bond donors (Lipinski definition) is 3. The number of carbonyl (C=O) groups excluding carboxylic acids is 3. The van der Waals surface area contributed by atoms with Crippen molar-refractivity contribution in [2.24, 2.45) is 39.8 Å². The number of hydrazine groups is 1. The van der Waals surface area contributed by atoms with Gasteiger partial charge in [0, 0.05) is 31.7 Å². The summed E-state index contributed by atoms with van der Waals surface area (Å²) < 4.78 is 13.2. The van der Waals surface area contributed by atoms with E-state index in [4.69, 9.17) is 15.0 Å². The zero-order valence-corrected chi connectivity index (χ0v) is 25.4. The van der Waals surface area contributed by atoms with Gasteiger partial charge in [-0.3, -0.25) is 9.59 Å². The first-order valence-electron chi connectivity index (χ1n) is 15.0. The Hall–Kier alpha value is -2.54. The maximum atomic E-state index is 13.7. The highest BCUT2D eigenvalue weighted by Crippen LogP contribution is 2.65. The number of carbonyl (C=O) groups is 3. The molecule has 3 aliphatic carbocycles. The van der Waals surface area contributed by atoms with Gasteiger partial charge in [0.25, 0.3) is 5.96 Å². The van der Waals surface area contributed by atoms with Crippen molar-refractivity contribution in [3.63, 3.8) is 0 Å². The molecule has 1 amide bonds. The van der Waals surface area contributed by atoms with Crippen LogP contribution in [0.25, 0.3) is 0 Å². The minimum absolute atomic E-state index is 0.00872. The lowest BCUT2D eigenvalue weighted by Crippen LogP contribution is -2.65. The van der Waals surface area contributed by atoms with Crippen LogP contribution in [-0.2, 0) is 23.7 Å². The summed E-state index contributed by atoms with van der Waals surface area (Å²) in [5, 5.41) is 12.9. The molecular formula is C28H48BN5O7. The predicted octanol–water partition coefficient (Wildman–Crippen LogP) is 3.00. The molecule has 4 aliphatic rings. The van der Waals surface area contributed by atoms with Crippen LogP contribution in [0.4, 0.5) is 0 Å². The molecular weight excluding hydrogens is 529 g/mol. The second kappa shape index (κ2) is 13.6. The van der Waals surface area contributed by atoms with Crippen LogP contribution in [0.1, 0.15) is 99.3 Å². The third kappa shape index (κ3) is 8.27. The zero-order valence-electron chi connectivity index (χ0n) is 25.4. The Balaban J connectivity index is 1.68. The summed E-state index contributed by atoms with van der Waals surface area (Å²) in [6, 6.07) is 0. The van der Waals surface area contributed by atoms with E-state index < -0.39 is 23.7 Å². The lowest BCUT2D eigenvalue weighted by molar-refractivity contribution is -0.525. The maximum Gasteiger partial charge on any atom is 0.481 e. The minimum Gasteiger partial charge on any atom is -0.404 e. The fraction of sp³-hybridized carbons (Fsp3) is 0.857. The summed E-state index contributed by atoms with van der Waals surface area (Å²) in [7, 11) is -0.573. The van der Waals surface area contributed by atoms with Crippen molar-refractivity contribution < 1.29 is 28.7 Å². The van der Waals surface area contributed by atoms with E-state index in [1.807, 2.05) is 0 Å². The van der Waals surface area contributed by atoms with Crippen LogP contribution in [-0.4, -0.2) is 59.8 Å². The number of nitro groups is 1. The second-order valence-electron chi connectivity index (χ2n) is 13.4. The SMILES string of the molecule is CC(=O)CCCC(=O)C[C@@H](CCCN=C(N)N[N+](=O)[O-])C(=O)N[C@@H](CC(C)C)B1O[C@@H]2C[C@H]3C[C@H](C3(C)C)[C@]2(C)O1. The molecule has 4 N–H and O–H groups in total. The predicted molar refractivity (Wildman–Crippen MR) is 155 cm³/mol. The van der Waals surface area contributed by atoms with Gasteiger partial charge in [0.15, 0.2) is 5.03 Å². The molecule has 1 heterocycles. The molecule has 6 atom stereocenters. The number of nitrogens with two attached hydrogens (primary N) is 1. The highest BCUT2D eigenvalue weighted by molar-refractivity contribution is 6.47. The second-order valence-corrected chi connectivity index (χ2v) is 13.4. The van der Waals surface area contributed by atoms with Crippen LogP contribution in [0.3, 0.4) is 0 Å². The summed E-state index contributed by atoms with van der Waals surface area (Å²) in [5.74, 6) is -0.357. The van der Waals surface area contributed by atoms with Gasteiger partial charge in [-0.1, -0.05) is 33.1 Å². The van der Waals surface area contributed by atoms with Gasteiger partial charge < -0.3 is 25.2 Å². The molecule has 0 aromatic rings.